The summed E-state index contributed by atoms with van der Waals surface area (Å²) >= 11 is 0. The summed E-state index contributed by atoms with van der Waals surface area (Å²) in [5.41, 5.74) is 0. The Morgan fingerprint density at radius 2 is 1.80 bits per heavy atom. The van der Waals surface area contributed by atoms with E-state index in [2.05, 4.69) is 6.92 Å². The topological polar surface area (TPSA) is 0 Å². The van der Waals surface area contributed by atoms with Gasteiger partial charge in [0.2, 0.25) is 5.92 Å². The summed E-state index contributed by atoms with van der Waals surface area (Å²) in [6.45, 7) is 3.97. The molecule has 0 aromatic heterocycles. The van der Waals surface area contributed by atoms with Crippen molar-refractivity contribution in [3.8, 4) is 0 Å². The highest BCUT2D eigenvalue weighted by molar-refractivity contribution is 4.79. The van der Waals surface area contributed by atoms with Crippen LogP contribution in [0.4, 0.5) is 8.78 Å². The Bertz CT molecular complexity index is 120. The van der Waals surface area contributed by atoms with Crippen molar-refractivity contribution in [1.29, 1.82) is 0 Å². The molecule has 0 spiro atoms. The quantitative estimate of drug-likeness (QED) is 0.495. The molecule has 60 valence electrons. The van der Waals surface area contributed by atoms with Gasteiger partial charge < -0.3 is 0 Å². The third-order valence-electron chi connectivity index (χ3n) is 2.56. The highest BCUT2D eigenvalue weighted by Gasteiger charge is 2.37. The van der Waals surface area contributed by atoms with E-state index >= 15 is 0 Å². The first-order valence-electron chi connectivity index (χ1n) is 3.89. The Morgan fingerprint density at radius 1 is 1.20 bits per heavy atom. The Labute approximate surface area is 60.6 Å². The Kier molecular flexibility index (Phi) is 1.97. The van der Waals surface area contributed by atoms with Gasteiger partial charge in [0.15, 0.2) is 0 Å². The molecule has 1 rings (SSSR count). The van der Waals surface area contributed by atoms with Gasteiger partial charge in [0.1, 0.15) is 0 Å². The zero-order valence-electron chi connectivity index (χ0n) is 6.53. The average Bonchev–Trinajstić information content (AvgIpc) is 1.79. The minimum Gasteiger partial charge on any atom is -0.207 e. The third kappa shape index (κ3) is 1.68. The lowest BCUT2D eigenvalue weighted by Crippen LogP contribution is -2.29. The number of halogens is 2. The van der Waals surface area contributed by atoms with Gasteiger partial charge in [-0.25, -0.2) is 8.78 Å². The van der Waals surface area contributed by atoms with Gasteiger partial charge in [-0.2, -0.15) is 0 Å². The minimum absolute atomic E-state index is 0.0914. The summed E-state index contributed by atoms with van der Waals surface area (Å²) in [6.07, 6.45) is 0.876. The first kappa shape index (κ1) is 7.96. The lowest BCUT2D eigenvalue weighted by molar-refractivity contribution is -0.0632. The van der Waals surface area contributed by atoms with Gasteiger partial charge in [-0.3, -0.25) is 0 Å². The van der Waals surface area contributed by atoms with Gasteiger partial charge in [-0.15, -0.1) is 0 Å². The standard InChI is InChI=1S/C8H14F2/c1-6-3-4-8(9,10)5-7(6)2/h6-7H,3-5H2,1-2H3/t6-,7-/m1/s1. The van der Waals surface area contributed by atoms with Gasteiger partial charge in [-0.05, 0) is 18.3 Å². The van der Waals surface area contributed by atoms with Crippen molar-refractivity contribution in [2.24, 2.45) is 11.8 Å². The van der Waals surface area contributed by atoms with E-state index in [0.717, 1.165) is 0 Å². The Hall–Kier alpha value is -0.140. The van der Waals surface area contributed by atoms with E-state index in [1.165, 1.54) is 0 Å². The summed E-state index contributed by atoms with van der Waals surface area (Å²) in [7, 11) is 0. The van der Waals surface area contributed by atoms with Crippen molar-refractivity contribution in [3.63, 3.8) is 0 Å². The maximum absolute atomic E-state index is 12.6. The Morgan fingerprint density at radius 3 is 2.20 bits per heavy atom. The van der Waals surface area contributed by atoms with Crippen molar-refractivity contribution < 1.29 is 8.78 Å². The van der Waals surface area contributed by atoms with Crippen molar-refractivity contribution in [2.45, 2.75) is 39.0 Å². The first-order chi connectivity index (χ1) is 4.51. The van der Waals surface area contributed by atoms with Gasteiger partial charge in [0.25, 0.3) is 0 Å². The molecule has 10 heavy (non-hydrogen) atoms. The van der Waals surface area contributed by atoms with E-state index in [1.807, 2.05) is 6.92 Å². The summed E-state index contributed by atoms with van der Waals surface area (Å²) in [6, 6.07) is 0. The van der Waals surface area contributed by atoms with Crippen LogP contribution in [0.3, 0.4) is 0 Å². The normalized spacial score (nSPS) is 39.6. The van der Waals surface area contributed by atoms with Crippen LogP contribution in [-0.4, -0.2) is 5.92 Å². The van der Waals surface area contributed by atoms with Crippen LogP contribution < -0.4 is 0 Å². The number of rotatable bonds is 0. The fourth-order valence-electron chi connectivity index (χ4n) is 1.50. The third-order valence-corrected chi connectivity index (χ3v) is 2.56. The Balaban J connectivity index is 2.49. The van der Waals surface area contributed by atoms with Crippen molar-refractivity contribution >= 4 is 0 Å². The summed E-state index contributed by atoms with van der Waals surface area (Å²) in [5.74, 6) is -1.69. The largest absolute Gasteiger partial charge is 0.248 e. The van der Waals surface area contributed by atoms with E-state index in [4.69, 9.17) is 0 Å². The van der Waals surface area contributed by atoms with Crippen LogP contribution in [0.25, 0.3) is 0 Å². The minimum atomic E-state index is -2.37. The smallest absolute Gasteiger partial charge is 0.207 e. The molecule has 1 fully saturated rings. The summed E-state index contributed by atoms with van der Waals surface area (Å²) in [5, 5.41) is 0. The van der Waals surface area contributed by atoms with E-state index in [0.29, 0.717) is 12.3 Å². The zero-order valence-corrected chi connectivity index (χ0v) is 6.53. The summed E-state index contributed by atoms with van der Waals surface area (Å²) < 4.78 is 25.3. The summed E-state index contributed by atoms with van der Waals surface area (Å²) in [4.78, 5) is 0. The first-order valence-corrected chi connectivity index (χ1v) is 3.89. The van der Waals surface area contributed by atoms with E-state index in [-0.39, 0.29) is 18.8 Å². The molecule has 0 aromatic rings. The molecule has 2 heteroatoms. The molecule has 1 aliphatic rings. The number of hydrogen-bond donors (Lipinski definition) is 0. The molecular formula is C8H14F2. The second-order valence-electron chi connectivity index (χ2n) is 3.55. The lowest BCUT2D eigenvalue weighted by atomic mass is 9.80. The molecule has 0 saturated heterocycles. The van der Waals surface area contributed by atoms with Crippen LogP contribution in [0.5, 0.6) is 0 Å². The molecular weight excluding hydrogens is 134 g/mol. The van der Waals surface area contributed by atoms with Gasteiger partial charge in [0, 0.05) is 12.8 Å². The molecule has 2 atom stereocenters. The molecule has 0 amide bonds. The maximum atomic E-state index is 12.6. The second kappa shape index (κ2) is 2.48. The van der Waals surface area contributed by atoms with E-state index in [1.54, 1.807) is 0 Å². The van der Waals surface area contributed by atoms with Crippen LogP contribution in [0.1, 0.15) is 33.1 Å². The van der Waals surface area contributed by atoms with Gasteiger partial charge in [-0.1, -0.05) is 13.8 Å². The van der Waals surface area contributed by atoms with Crippen LogP contribution in [-0.2, 0) is 0 Å². The lowest BCUT2D eigenvalue weighted by Gasteiger charge is -2.31. The van der Waals surface area contributed by atoms with Gasteiger partial charge >= 0.3 is 0 Å². The zero-order chi connectivity index (χ0) is 7.78. The van der Waals surface area contributed by atoms with Crippen LogP contribution in [0, 0.1) is 11.8 Å². The SMILES string of the molecule is C[C@@H]1CCC(F)(F)C[C@H]1C. The molecule has 0 heterocycles. The fraction of sp³-hybridized carbons (Fsp3) is 1.00. The molecule has 0 unspecified atom stereocenters. The maximum Gasteiger partial charge on any atom is 0.248 e. The molecule has 0 bridgehead atoms. The molecule has 0 N–H and O–H groups in total. The predicted molar refractivity (Wildman–Crippen MR) is 37.1 cm³/mol. The van der Waals surface area contributed by atoms with E-state index in [9.17, 15) is 8.78 Å². The van der Waals surface area contributed by atoms with E-state index < -0.39 is 5.92 Å². The van der Waals surface area contributed by atoms with Gasteiger partial charge in [0.05, 0.1) is 0 Å². The van der Waals surface area contributed by atoms with Crippen molar-refractivity contribution in [2.75, 3.05) is 0 Å². The molecule has 1 aliphatic carbocycles. The number of alkyl halides is 2. The van der Waals surface area contributed by atoms with Crippen LogP contribution >= 0.6 is 0 Å². The monoisotopic (exact) mass is 148 g/mol. The molecule has 0 nitrogen and oxygen atoms in total. The highest BCUT2D eigenvalue weighted by Crippen LogP contribution is 2.39. The molecule has 0 radical (unpaired) electrons. The molecule has 1 saturated carbocycles. The molecule has 0 aromatic carbocycles. The fourth-order valence-corrected chi connectivity index (χ4v) is 1.50. The van der Waals surface area contributed by atoms with Crippen LogP contribution in [0.2, 0.25) is 0 Å². The number of hydrogen-bond acceptors (Lipinski definition) is 0. The highest BCUT2D eigenvalue weighted by atomic mass is 19.3. The van der Waals surface area contributed by atoms with Crippen molar-refractivity contribution in [1.82, 2.24) is 0 Å². The van der Waals surface area contributed by atoms with Crippen molar-refractivity contribution in [3.05, 3.63) is 0 Å². The van der Waals surface area contributed by atoms with Crippen LogP contribution in [0.15, 0.2) is 0 Å². The predicted octanol–water partition coefficient (Wildman–Crippen LogP) is 3.08. The second-order valence-corrected chi connectivity index (χ2v) is 3.55. The molecule has 0 aliphatic heterocycles. The average molecular weight is 148 g/mol.